The van der Waals surface area contributed by atoms with Crippen LogP contribution in [0.2, 0.25) is 0 Å². The van der Waals surface area contributed by atoms with Gasteiger partial charge in [-0.3, -0.25) is 9.59 Å². The lowest BCUT2D eigenvalue weighted by Gasteiger charge is -2.27. The second-order valence-corrected chi connectivity index (χ2v) is 8.41. The van der Waals surface area contributed by atoms with E-state index in [9.17, 15) is 14.7 Å². The fraction of sp³-hybridized carbons (Fsp3) is 0.450. The number of amides is 1. The number of Topliss-reactive ketones (excluding diaryl/α,β-unsaturated/α-hetero) is 1. The number of hydrogen-bond donors (Lipinski definition) is 1. The molecule has 2 aromatic heterocycles. The van der Waals surface area contributed by atoms with Crippen molar-refractivity contribution < 1.29 is 19.1 Å². The van der Waals surface area contributed by atoms with Gasteiger partial charge in [-0.2, -0.15) is 0 Å². The van der Waals surface area contributed by atoms with Gasteiger partial charge >= 0.3 is 0 Å². The van der Waals surface area contributed by atoms with Crippen molar-refractivity contribution in [2.45, 2.75) is 32.7 Å². The third kappa shape index (κ3) is 3.27. The Bertz CT molecular complexity index is 925. The average Bonchev–Trinajstić information content (AvgIpc) is 3.43. The highest BCUT2D eigenvalue weighted by Gasteiger charge is 2.45. The molecule has 0 aromatic carbocycles. The van der Waals surface area contributed by atoms with Gasteiger partial charge in [0.15, 0.2) is 5.76 Å². The van der Waals surface area contributed by atoms with E-state index in [4.69, 9.17) is 4.42 Å². The van der Waals surface area contributed by atoms with Gasteiger partial charge in [-0.05, 0) is 51.9 Å². The summed E-state index contributed by atoms with van der Waals surface area (Å²) in [6, 6.07) is 2.73. The van der Waals surface area contributed by atoms with Gasteiger partial charge in [-0.25, -0.2) is 4.98 Å². The molecule has 148 valence electrons. The van der Waals surface area contributed by atoms with Crippen LogP contribution in [0.5, 0.6) is 0 Å². The Balaban J connectivity index is 1.68. The van der Waals surface area contributed by atoms with Gasteiger partial charge in [0.25, 0.3) is 5.91 Å². The number of nitrogens with zero attached hydrogens (tertiary/aromatic N) is 3. The Labute approximate surface area is 167 Å². The zero-order chi connectivity index (χ0) is 19.8. The maximum atomic E-state index is 13.3. The van der Waals surface area contributed by atoms with Crippen molar-refractivity contribution in [1.82, 2.24) is 14.8 Å². The first kappa shape index (κ1) is 18.9. The number of ketones is 1. The Morgan fingerprint density at radius 3 is 2.68 bits per heavy atom. The summed E-state index contributed by atoms with van der Waals surface area (Å²) in [5, 5.41) is 11.4. The van der Waals surface area contributed by atoms with Gasteiger partial charge in [-0.15, -0.1) is 11.3 Å². The number of carbonyl (C=O) groups excluding carboxylic acids is 2. The molecule has 0 radical (unpaired) electrons. The molecule has 4 heterocycles. The maximum absolute atomic E-state index is 13.3. The van der Waals surface area contributed by atoms with Crippen LogP contribution >= 0.6 is 11.3 Å². The van der Waals surface area contributed by atoms with E-state index in [-0.39, 0.29) is 11.4 Å². The van der Waals surface area contributed by atoms with Crippen molar-refractivity contribution in [1.29, 1.82) is 0 Å². The third-order valence-corrected chi connectivity index (χ3v) is 6.40. The van der Waals surface area contributed by atoms with Gasteiger partial charge in [0.2, 0.25) is 5.78 Å². The lowest BCUT2D eigenvalue weighted by molar-refractivity contribution is -0.129. The first-order valence-electron chi connectivity index (χ1n) is 9.46. The fourth-order valence-electron chi connectivity index (χ4n) is 3.98. The molecule has 28 heavy (non-hydrogen) atoms. The summed E-state index contributed by atoms with van der Waals surface area (Å²) in [6.07, 6.45) is 3.83. The second kappa shape index (κ2) is 7.52. The molecule has 8 heteroatoms. The Kier molecular flexibility index (Phi) is 5.07. The topological polar surface area (TPSA) is 86.9 Å². The number of aromatic nitrogens is 1. The summed E-state index contributed by atoms with van der Waals surface area (Å²) in [5.74, 6) is -0.902. The molecule has 1 atom stereocenters. The first-order chi connectivity index (χ1) is 13.5. The standard InChI is InChI=1S/C20H23N3O4S/c1-12-19(28-13(2)21-12)17(24)15-16(14-6-5-11-27-14)23(20(26)18(15)25)10-9-22-7-3-4-8-22/h5-6,11,16,25H,3-4,7-10H2,1-2H3. The lowest BCUT2D eigenvalue weighted by atomic mass is 9.99. The van der Waals surface area contributed by atoms with Crippen molar-refractivity contribution in [3.63, 3.8) is 0 Å². The van der Waals surface area contributed by atoms with E-state index in [0.29, 0.717) is 29.4 Å². The number of likely N-dealkylation sites (tertiary alicyclic amines) is 1. The molecule has 2 aliphatic heterocycles. The Hall–Kier alpha value is -2.45. The number of rotatable bonds is 6. The van der Waals surface area contributed by atoms with Crippen molar-refractivity contribution in [2.75, 3.05) is 26.2 Å². The van der Waals surface area contributed by atoms with Gasteiger partial charge in [0, 0.05) is 13.1 Å². The quantitative estimate of drug-likeness (QED) is 0.749. The summed E-state index contributed by atoms with van der Waals surface area (Å²) in [7, 11) is 0. The van der Waals surface area contributed by atoms with Crippen LogP contribution in [0.4, 0.5) is 0 Å². The Morgan fingerprint density at radius 1 is 1.32 bits per heavy atom. The molecule has 0 aliphatic carbocycles. The average molecular weight is 401 g/mol. The number of carbonyl (C=O) groups is 2. The molecule has 1 fully saturated rings. The van der Waals surface area contributed by atoms with Crippen LogP contribution in [0.1, 0.15) is 45.0 Å². The fourth-order valence-corrected chi connectivity index (χ4v) is 4.85. The van der Waals surface area contributed by atoms with Gasteiger partial charge < -0.3 is 19.3 Å². The van der Waals surface area contributed by atoms with Crippen molar-refractivity contribution in [3.05, 3.63) is 51.1 Å². The van der Waals surface area contributed by atoms with E-state index in [1.54, 1.807) is 24.0 Å². The minimum Gasteiger partial charge on any atom is -0.503 e. The molecule has 0 bridgehead atoms. The molecule has 2 aliphatic rings. The molecule has 7 nitrogen and oxygen atoms in total. The summed E-state index contributed by atoms with van der Waals surface area (Å²) in [6.45, 7) is 6.74. The molecule has 1 N–H and O–H groups in total. The molecule has 1 saturated heterocycles. The lowest BCUT2D eigenvalue weighted by Crippen LogP contribution is -2.37. The highest BCUT2D eigenvalue weighted by atomic mass is 32.1. The van der Waals surface area contributed by atoms with Crippen LogP contribution < -0.4 is 0 Å². The monoisotopic (exact) mass is 401 g/mol. The SMILES string of the molecule is Cc1nc(C)c(C(=O)C2=C(O)C(=O)N(CCN3CCCC3)C2c2ccco2)s1. The Morgan fingerprint density at radius 2 is 2.07 bits per heavy atom. The van der Waals surface area contributed by atoms with E-state index < -0.39 is 17.7 Å². The number of furan rings is 1. The second-order valence-electron chi connectivity index (χ2n) is 7.20. The van der Waals surface area contributed by atoms with Crippen molar-refractivity contribution in [2.24, 2.45) is 0 Å². The van der Waals surface area contributed by atoms with Crippen LogP contribution in [0.15, 0.2) is 34.1 Å². The molecule has 1 amide bonds. The van der Waals surface area contributed by atoms with Gasteiger partial charge in [-0.1, -0.05) is 0 Å². The minimum absolute atomic E-state index is 0.0770. The predicted molar refractivity (Wildman–Crippen MR) is 104 cm³/mol. The maximum Gasteiger partial charge on any atom is 0.290 e. The van der Waals surface area contributed by atoms with Crippen LogP contribution in [0.3, 0.4) is 0 Å². The van der Waals surface area contributed by atoms with E-state index in [1.807, 2.05) is 6.92 Å². The van der Waals surface area contributed by atoms with Gasteiger partial charge in [0.1, 0.15) is 11.8 Å². The molecule has 1 unspecified atom stereocenters. The highest BCUT2D eigenvalue weighted by Crippen LogP contribution is 2.40. The number of aryl methyl sites for hydroxylation is 2. The van der Waals surface area contributed by atoms with Crippen LogP contribution in [-0.2, 0) is 4.79 Å². The molecule has 4 rings (SSSR count). The smallest absolute Gasteiger partial charge is 0.290 e. The summed E-state index contributed by atoms with van der Waals surface area (Å²) in [5.41, 5.74) is 0.682. The third-order valence-electron chi connectivity index (χ3n) is 5.33. The minimum atomic E-state index is -0.723. The summed E-state index contributed by atoms with van der Waals surface area (Å²) >= 11 is 1.27. The molecular formula is C20H23N3O4S. The van der Waals surface area contributed by atoms with E-state index in [1.165, 1.54) is 17.6 Å². The van der Waals surface area contributed by atoms with Crippen LogP contribution in [-0.4, -0.2) is 57.8 Å². The summed E-state index contributed by atoms with van der Waals surface area (Å²) in [4.78, 5) is 34.7. The summed E-state index contributed by atoms with van der Waals surface area (Å²) < 4.78 is 5.55. The van der Waals surface area contributed by atoms with Crippen LogP contribution in [0, 0.1) is 13.8 Å². The zero-order valence-corrected chi connectivity index (χ0v) is 16.8. The predicted octanol–water partition coefficient (Wildman–Crippen LogP) is 3.03. The number of aliphatic hydroxyl groups excluding tert-OH is 1. The normalized spacial score (nSPS) is 20.6. The van der Waals surface area contributed by atoms with Crippen LogP contribution in [0.25, 0.3) is 0 Å². The molecule has 0 saturated carbocycles. The van der Waals surface area contributed by atoms with E-state index >= 15 is 0 Å². The zero-order valence-electron chi connectivity index (χ0n) is 16.0. The number of hydrogen-bond acceptors (Lipinski definition) is 7. The van der Waals surface area contributed by atoms with Crippen molar-refractivity contribution >= 4 is 23.0 Å². The molecule has 0 spiro atoms. The number of aliphatic hydroxyl groups is 1. The van der Waals surface area contributed by atoms with E-state index in [2.05, 4.69) is 9.88 Å². The first-order valence-corrected chi connectivity index (χ1v) is 10.3. The molecule has 2 aromatic rings. The van der Waals surface area contributed by atoms with E-state index in [0.717, 1.165) is 30.9 Å². The van der Waals surface area contributed by atoms with Crippen molar-refractivity contribution in [3.8, 4) is 0 Å². The largest absolute Gasteiger partial charge is 0.503 e. The highest BCUT2D eigenvalue weighted by molar-refractivity contribution is 7.14. The molecular weight excluding hydrogens is 378 g/mol. The van der Waals surface area contributed by atoms with Gasteiger partial charge in [0.05, 0.1) is 27.4 Å². The number of thiazole rings is 1.